The van der Waals surface area contributed by atoms with Crippen molar-refractivity contribution < 1.29 is 9.53 Å². The molecule has 1 aliphatic heterocycles. The number of hydrogen-bond acceptors (Lipinski definition) is 4. The molecule has 0 radical (unpaired) electrons. The van der Waals surface area contributed by atoms with Crippen LogP contribution in [-0.4, -0.2) is 40.3 Å². The first-order chi connectivity index (χ1) is 13.7. The largest absolute Gasteiger partial charge is 0.497 e. The molecule has 6 heteroatoms. The van der Waals surface area contributed by atoms with E-state index in [1.807, 2.05) is 64.4 Å². The molecule has 0 bridgehead atoms. The third-order valence-electron chi connectivity index (χ3n) is 5.15. The van der Waals surface area contributed by atoms with Crippen molar-refractivity contribution in [2.24, 2.45) is 0 Å². The van der Waals surface area contributed by atoms with Gasteiger partial charge in [0.15, 0.2) is 5.16 Å². The van der Waals surface area contributed by atoms with Crippen LogP contribution in [0.15, 0.2) is 66.1 Å². The zero-order valence-corrected chi connectivity index (χ0v) is 16.9. The Kier molecular flexibility index (Phi) is 5.39. The van der Waals surface area contributed by atoms with Gasteiger partial charge in [-0.3, -0.25) is 9.36 Å². The van der Waals surface area contributed by atoms with E-state index < -0.39 is 0 Å². The Bertz CT molecular complexity index is 985. The maximum atomic E-state index is 13.3. The summed E-state index contributed by atoms with van der Waals surface area (Å²) in [4.78, 5) is 19.7. The van der Waals surface area contributed by atoms with Crippen LogP contribution in [0.5, 0.6) is 5.75 Å². The van der Waals surface area contributed by atoms with Crippen LogP contribution in [-0.2, 0) is 0 Å². The minimum atomic E-state index is 0.0676. The quantitative estimate of drug-likeness (QED) is 0.595. The van der Waals surface area contributed by atoms with Crippen molar-refractivity contribution >= 4 is 17.7 Å². The molecule has 0 spiro atoms. The van der Waals surface area contributed by atoms with Crippen LogP contribution in [0.1, 0.15) is 34.8 Å². The highest BCUT2D eigenvalue weighted by Crippen LogP contribution is 2.34. The second kappa shape index (κ2) is 8.10. The maximum Gasteiger partial charge on any atom is 0.254 e. The summed E-state index contributed by atoms with van der Waals surface area (Å²) in [6.07, 6.45) is 7.67. The van der Waals surface area contributed by atoms with E-state index in [-0.39, 0.29) is 11.9 Å². The summed E-state index contributed by atoms with van der Waals surface area (Å²) in [6.45, 7) is 0.770. The van der Waals surface area contributed by atoms with E-state index in [2.05, 4.69) is 11.1 Å². The smallest absolute Gasteiger partial charge is 0.254 e. The van der Waals surface area contributed by atoms with E-state index in [1.54, 1.807) is 25.1 Å². The van der Waals surface area contributed by atoms with Gasteiger partial charge >= 0.3 is 0 Å². The molecule has 0 aliphatic carbocycles. The molecule has 0 N–H and O–H groups in total. The van der Waals surface area contributed by atoms with Gasteiger partial charge in [-0.05, 0) is 55.0 Å². The van der Waals surface area contributed by atoms with Crippen LogP contribution in [0.4, 0.5) is 0 Å². The van der Waals surface area contributed by atoms with E-state index in [9.17, 15) is 4.79 Å². The van der Waals surface area contributed by atoms with Gasteiger partial charge in [0.05, 0.1) is 13.2 Å². The first-order valence-corrected chi connectivity index (χ1v) is 10.6. The van der Waals surface area contributed by atoms with Gasteiger partial charge < -0.3 is 9.64 Å². The number of benzene rings is 2. The predicted octanol–water partition coefficient (Wildman–Crippen LogP) is 4.58. The van der Waals surface area contributed by atoms with Gasteiger partial charge in [-0.15, -0.1) is 0 Å². The molecule has 28 heavy (non-hydrogen) atoms. The minimum Gasteiger partial charge on any atom is -0.497 e. The Balaban J connectivity index is 1.62. The first kappa shape index (κ1) is 18.6. The number of nitrogens with zero attached hydrogens (tertiary/aromatic N) is 3. The Labute approximate surface area is 169 Å². The lowest BCUT2D eigenvalue weighted by molar-refractivity contribution is 0.0735. The summed E-state index contributed by atoms with van der Waals surface area (Å²) >= 11 is 1.58. The molecule has 1 saturated heterocycles. The van der Waals surface area contributed by atoms with Gasteiger partial charge in [-0.2, -0.15) is 0 Å². The van der Waals surface area contributed by atoms with E-state index in [1.165, 1.54) is 0 Å². The highest BCUT2D eigenvalue weighted by molar-refractivity contribution is 7.98. The fraction of sp³-hybridized carbons (Fsp3) is 0.273. The third-order valence-corrected chi connectivity index (χ3v) is 5.82. The molecule has 1 fully saturated rings. The Morgan fingerprint density at radius 2 is 2.07 bits per heavy atom. The van der Waals surface area contributed by atoms with Crippen molar-refractivity contribution in [2.75, 3.05) is 19.9 Å². The number of rotatable bonds is 5. The lowest BCUT2D eigenvalue weighted by Crippen LogP contribution is -2.30. The number of methoxy groups -OCH3 is 1. The van der Waals surface area contributed by atoms with Gasteiger partial charge in [-0.1, -0.05) is 30.0 Å². The standard InChI is InChI=1S/C22H23N3O2S/c1-27-19-9-4-6-16(15-19)20-10-5-12-25(20)21(26)17-7-3-8-18(14-17)24-13-11-23-22(24)28-2/h3-4,6-9,11,13-15,20H,5,10,12H2,1-2H3. The van der Waals surface area contributed by atoms with Crippen molar-refractivity contribution in [3.05, 3.63) is 72.1 Å². The summed E-state index contributed by atoms with van der Waals surface area (Å²) in [5.74, 6) is 0.890. The fourth-order valence-corrected chi connectivity index (χ4v) is 4.33. The summed E-state index contributed by atoms with van der Waals surface area (Å²) in [6, 6.07) is 15.9. The Morgan fingerprint density at radius 3 is 2.89 bits per heavy atom. The second-order valence-corrected chi connectivity index (χ2v) is 7.54. The normalized spacial score (nSPS) is 16.4. The molecule has 4 rings (SSSR count). The van der Waals surface area contributed by atoms with Crippen LogP contribution >= 0.6 is 11.8 Å². The van der Waals surface area contributed by atoms with Gasteiger partial charge in [-0.25, -0.2) is 4.98 Å². The molecular formula is C22H23N3O2S. The molecule has 1 aliphatic rings. The number of thioether (sulfide) groups is 1. The van der Waals surface area contributed by atoms with Crippen molar-refractivity contribution in [2.45, 2.75) is 24.0 Å². The maximum absolute atomic E-state index is 13.3. The molecule has 3 aromatic rings. The molecular weight excluding hydrogens is 370 g/mol. The Hall–Kier alpha value is -2.73. The van der Waals surface area contributed by atoms with Crippen molar-refractivity contribution in [1.29, 1.82) is 0 Å². The number of carbonyl (C=O) groups is 1. The van der Waals surface area contributed by atoms with Crippen molar-refractivity contribution in [3.8, 4) is 11.4 Å². The number of aromatic nitrogens is 2. The molecule has 5 nitrogen and oxygen atoms in total. The molecule has 1 unspecified atom stereocenters. The predicted molar refractivity (Wildman–Crippen MR) is 111 cm³/mol. The van der Waals surface area contributed by atoms with Gasteiger partial charge in [0, 0.05) is 30.2 Å². The molecule has 1 amide bonds. The molecule has 1 aromatic heterocycles. The summed E-state index contributed by atoms with van der Waals surface area (Å²) < 4.78 is 7.36. The van der Waals surface area contributed by atoms with E-state index in [0.29, 0.717) is 5.56 Å². The van der Waals surface area contributed by atoms with Gasteiger partial charge in [0.25, 0.3) is 5.91 Å². The lowest BCUT2D eigenvalue weighted by Gasteiger charge is -2.25. The van der Waals surface area contributed by atoms with Crippen LogP contribution in [0, 0.1) is 0 Å². The monoisotopic (exact) mass is 393 g/mol. The van der Waals surface area contributed by atoms with E-state index in [4.69, 9.17) is 4.74 Å². The zero-order valence-electron chi connectivity index (χ0n) is 16.0. The van der Waals surface area contributed by atoms with E-state index in [0.717, 1.165) is 41.5 Å². The number of carbonyl (C=O) groups excluding carboxylic acids is 1. The third kappa shape index (κ3) is 3.52. The second-order valence-electron chi connectivity index (χ2n) is 6.77. The van der Waals surface area contributed by atoms with Crippen LogP contribution < -0.4 is 4.74 Å². The topological polar surface area (TPSA) is 47.4 Å². The van der Waals surface area contributed by atoms with Crippen molar-refractivity contribution in [3.63, 3.8) is 0 Å². The fourth-order valence-electron chi connectivity index (χ4n) is 3.80. The molecule has 144 valence electrons. The number of amides is 1. The minimum absolute atomic E-state index is 0.0676. The van der Waals surface area contributed by atoms with Crippen molar-refractivity contribution in [1.82, 2.24) is 14.5 Å². The number of likely N-dealkylation sites (tertiary alicyclic amines) is 1. The summed E-state index contributed by atoms with van der Waals surface area (Å²) in [5, 5.41) is 0.903. The zero-order chi connectivity index (χ0) is 19.5. The molecule has 1 atom stereocenters. The number of imidazole rings is 1. The highest BCUT2D eigenvalue weighted by Gasteiger charge is 2.31. The first-order valence-electron chi connectivity index (χ1n) is 9.34. The average Bonchev–Trinajstić information content (AvgIpc) is 3.42. The number of ether oxygens (including phenoxy) is 1. The van der Waals surface area contributed by atoms with Crippen LogP contribution in [0.2, 0.25) is 0 Å². The molecule has 2 aromatic carbocycles. The Morgan fingerprint density at radius 1 is 1.21 bits per heavy atom. The van der Waals surface area contributed by atoms with Crippen LogP contribution in [0.3, 0.4) is 0 Å². The lowest BCUT2D eigenvalue weighted by atomic mass is 10.0. The van der Waals surface area contributed by atoms with E-state index >= 15 is 0 Å². The van der Waals surface area contributed by atoms with Gasteiger partial charge in [0.2, 0.25) is 0 Å². The highest BCUT2D eigenvalue weighted by atomic mass is 32.2. The SMILES string of the molecule is COc1cccc(C2CCCN2C(=O)c2cccc(-n3ccnc3SC)c2)c1. The van der Waals surface area contributed by atoms with Crippen LogP contribution in [0.25, 0.3) is 5.69 Å². The summed E-state index contributed by atoms with van der Waals surface area (Å²) in [7, 11) is 1.67. The van der Waals surface area contributed by atoms with Gasteiger partial charge in [0.1, 0.15) is 5.75 Å². The average molecular weight is 394 g/mol. The molecule has 2 heterocycles. The molecule has 0 saturated carbocycles. The number of hydrogen-bond donors (Lipinski definition) is 0. The summed E-state index contributed by atoms with van der Waals surface area (Å²) in [5.41, 5.74) is 2.78.